The van der Waals surface area contributed by atoms with Crippen LogP contribution < -0.4 is 9.47 Å². The zero-order chi connectivity index (χ0) is 19.9. The van der Waals surface area contributed by atoms with Crippen molar-refractivity contribution in [1.82, 2.24) is 0 Å². The van der Waals surface area contributed by atoms with Gasteiger partial charge in [0.15, 0.2) is 11.6 Å². The van der Waals surface area contributed by atoms with Gasteiger partial charge in [0.2, 0.25) is 0 Å². The van der Waals surface area contributed by atoms with Crippen molar-refractivity contribution in [2.75, 3.05) is 0 Å². The summed E-state index contributed by atoms with van der Waals surface area (Å²) in [6, 6.07) is 5.72. The van der Waals surface area contributed by atoms with E-state index in [1.807, 2.05) is 13.8 Å². The van der Waals surface area contributed by atoms with Crippen LogP contribution in [0.4, 0.5) is 8.78 Å². The molecule has 1 N–H and O–H groups in total. The number of carboxylic acids is 1. The summed E-state index contributed by atoms with van der Waals surface area (Å²) >= 11 is 0. The summed E-state index contributed by atoms with van der Waals surface area (Å²) in [5.74, 6) is -2.29. The lowest BCUT2D eigenvalue weighted by atomic mass is 9.96. The molecule has 3 rings (SSSR count). The fourth-order valence-corrected chi connectivity index (χ4v) is 3.40. The van der Waals surface area contributed by atoms with Crippen LogP contribution in [0.15, 0.2) is 24.3 Å². The van der Waals surface area contributed by atoms with Crippen molar-refractivity contribution in [2.45, 2.75) is 52.2 Å². The number of carbonyl (C=O) groups is 1. The quantitative estimate of drug-likeness (QED) is 0.818. The number of halogens is 2. The lowest BCUT2D eigenvalue weighted by Crippen LogP contribution is -2.25. The second-order valence-electron chi connectivity index (χ2n) is 7.53. The Labute approximate surface area is 156 Å². The number of aliphatic carboxylic acids is 1. The van der Waals surface area contributed by atoms with Gasteiger partial charge < -0.3 is 14.6 Å². The van der Waals surface area contributed by atoms with E-state index < -0.39 is 29.1 Å². The topological polar surface area (TPSA) is 55.8 Å². The largest absolute Gasteiger partial charge is 0.487 e. The maximum absolute atomic E-state index is 14.6. The second kappa shape index (κ2) is 6.83. The van der Waals surface area contributed by atoms with Gasteiger partial charge in [-0.15, -0.1) is 0 Å². The van der Waals surface area contributed by atoms with E-state index in [0.29, 0.717) is 23.3 Å². The molecule has 6 heteroatoms. The van der Waals surface area contributed by atoms with Crippen molar-refractivity contribution in [2.24, 2.45) is 0 Å². The molecule has 1 atom stereocenters. The summed E-state index contributed by atoms with van der Waals surface area (Å²) in [6.07, 6.45) is 0.586. The first-order valence-electron chi connectivity index (χ1n) is 8.74. The van der Waals surface area contributed by atoms with Crippen molar-refractivity contribution < 1.29 is 28.2 Å². The molecule has 1 aliphatic heterocycles. The molecule has 0 aromatic heterocycles. The Morgan fingerprint density at radius 2 is 2.04 bits per heavy atom. The Kier molecular flexibility index (Phi) is 4.84. The van der Waals surface area contributed by atoms with Crippen molar-refractivity contribution in [3.8, 4) is 11.5 Å². The fraction of sp³-hybridized carbons (Fsp3) is 0.381. The predicted octanol–water partition coefficient (Wildman–Crippen LogP) is 4.75. The SMILES string of the molecule is Cc1c(C(C)C(=O)O)ccc(OCc2cc(F)cc3c2OC(C)(C)C3)c1F. The molecule has 1 unspecified atom stereocenters. The molecule has 0 fully saturated rings. The second-order valence-corrected chi connectivity index (χ2v) is 7.53. The maximum Gasteiger partial charge on any atom is 0.310 e. The third-order valence-corrected chi connectivity index (χ3v) is 4.82. The van der Waals surface area contributed by atoms with Crippen LogP contribution in [0.25, 0.3) is 0 Å². The van der Waals surface area contributed by atoms with Crippen molar-refractivity contribution in [1.29, 1.82) is 0 Å². The first-order chi connectivity index (χ1) is 12.6. The molecule has 0 saturated carbocycles. The van der Waals surface area contributed by atoms with E-state index in [1.54, 1.807) is 6.07 Å². The third-order valence-electron chi connectivity index (χ3n) is 4.82. The fourth-order valence-electron chi connectivity index (χ4n) is 3.40. The number of hydrogen-bond donors (Lipinski definition) is 1. The lowest BCUT2D eigenvalue weighted by molar-refractivity contribution is -0.138. The number of carboxylic acid groups (broad SMARTS) is 1. The van der Waals surface area contributed by atoms with E-state index >= 15 is 0 Å². The number of ether oxygens (including phenoxy) is 2. The van der Waals surface area contributed by atoms with Gasteiger partial charge in [0, 0.05) is 17.5 Å². The molecule has 0 amide bonds. The van der Waals surface area contributed by atoms with Crippen LogP contribution in [0.2, 0.25) is 0 Å². The summed E-state index contributed by atoms with van der Waals surface area (Å²) in [6.45, 7) is 6.80. The van der Waals surface area contributed by atoms with E-state index in [0.717, 1.165) is 5.56 Å². The minimum atomic E-state index is -1.03. The average Bonchev–Trinajstić information content (AvgIpc) is 2.89. The molecule has 2 aromatic carbocycles. The molecule has 0 radical (unpaired) electrons. The number of fused-ring (bicyclic) bond motifs is 1. The zero-order valence-corrected chi connectivity index (χ0v) is 15.7. The van der Waals surface area contributed by atoms with Crippen LogP contribution in [0.5, 0.6) is 11.5 Å². The molecule has 0 bridgehead atoms. The zero-order valence-electron chi connectivity index (χ0n) is 15.7. The van der Waals surface area contributed by atoms with Gasteiger partial charge in [0.1, 0.15) is 23.8 Å². The van der Waals surface area contributed by atoms with Crippen molar-refractivity contribution >= 4 is 5.97 Å². The van der Waals surface area contributed by atoms with Crippen molar-refractivity contribution in [3.63, 3.8) is 0 Å². The molecule has 27 heavy (non-hydrogen) atoms. The Bertz CT molecular complexity index is 906. The molecule has 0 aliphatic carbocycles. The van der Waals surface area contributed by atoms with E-state index in [-0.39, 0.29) is 17.9 Å². The highest BCUT2D eigenvalue weighted by Crippen LogP contribution is 2.39. The molecule has 1 heterocycles. The minimum Gasteiger partial charge on any atom is -0.487 e. The highest BCUT2D eigenvalue weighted by molar-refractivity contribution is 5.76. The number of hydrogen-bond acceptors (Lipinski definition) is 3. The van der Waals surface area contributed by atoms with Crippen LogP contribution in [0.1, 0.15) is 48.9 Å². The van der Waals surface area contributed by atoms with Gasteiger partial charge in [-0.25, -0.2) is 8.78 Å². The smallest absolute Gasteiger partial charge is 0.310 e. The summed E-state index contributed by atoms with van der Waals surface area (Å²) in [4.78, 5) is 11.1. The first kappa shape index (κ1) is 19.1. The molecule has 144 valence electrons. The van der Waals surface area contributed by atoms with Crippen LogP contribution >= 0.6 is 0 Å². The van der Waals surface area contributed by atoms with Gasteiger partial charge in [-0.2, -0.15) is 0 Å². The monoisotopic (exact) mass is 376 g/mol. The molecule has 2 aromatic rings. The molecule has 0 saturated heterocycles. The summed E-state index contributed by atoms with van der Waals surface area (Å²) in [5, 5.41) is 9.13. The highest BCUT2D eigenvalue weighted by atomic mass is 19.1. The molecule has 0 spiro atoms. The van der Waals surface area contributed by atoms with Crippen LogP contribution in [-0.4, -0.2) is 16.7 Å². The minimum absolute atomic E-state index is 0.0101. The van der Waals surface area contributed by atoms with Gasteiger partial charge in [-0.05, 0) is 57.0 Å². The van der Waals surface area contributed by atoms with Crippen LogP contribution in [-0.2, 0) is 17.8 Å². The van der Waals surface area contributed by atoms with E-state index in [1.165, 1.54) is 32.0 Å². The molecular weight excluding hydrogens is 354 g/mol. The molecular formula is C21H22F2O4. The van der Waals surface area contributed by atoms with E-state index in [9.17, 15) is 13.6 Å². The summed E-state index contributed by atoms with van der Waals surface area (Å²) in [7, 11) is 0. The summed E-state index contributed by atoms with van der Waals surface area (Å²) in [5.41, 5.74) is 1.46. The molecule has 4 nitrogen and oxygen atoms in total. The molecule has 1 aliphatic rings. The van der Waals surface area contributed by atoms with Crippen molar-refractivity contribution in [3.05, 3.63) is 58.2 Å². The average molecular weight is 376 g/mol. The Morgan fingerprint density at radius 3 is 2.70 bits per heavy atom. The summed E-state index contributed by atoms with van der Waals surface area (Å²) < 4.78 is 40.0. The lowest BCUT2D eigenvalue weighted by Gasteiger charge is -2.19. The Morgan fingerprint density at radius 1 is 1.33 bits per heavy atom. The van der Waals surface area contributed by atoms with Gasteiger partial charge >= 0.3 is 5.97 Å². The highest BCUT2D eigenvalue weighted by Gasteiger charge is 2.32. The van der Waals surface area contributed by atoms with Gasteiger partial charge in [0.05, 0.1) is 5.92 Å². The predicted molar refractivity (Wildman–Crippen MR) is 96.3 cm³/mol. The number of benzene rings is 2. The third kappa shape index (κ3) is 3.75. The van der Waals surface area contributed by atoms with Gasteiger partial charge in [-0.3, -0.25) is 4.79 Å². The normalized spacial score (nSPS) is 15.8. The Balaban J connectivity index is 1.85. The maximum atomic E-state index is 14.6. The number of rotatable bonds is 5. The van der Waals surface area contributed by atoms with Gasteiger partial charge in [0.25, 0.3) is 0 Å². The standard InChI is InChI=1S/C21H22F2O4/c1-11-16(12(2)20(24)25)5-6-17(18(11)23)26-10-14-8-15(22)7-13-9-21(3,4)27-19(13)14/h5-8,12H,9-10H2,1-4H3,(H,24,25). The van der Waals surface area contributed by atoms with Gasteiger partial charge in [-0.1, -0.05) is 6.07 Å². The van der Waals surface area contributed by atoms with Crippen LogP contribution in [0, 0.1) is 18.6 Å². The first-order valence-corrected chi connectivity index (χ1v) is 8.74. The van der Waals surface area contributed by atoms with Crippen LogP contribution in [0.3, 0.4) is 0 Å². The Hall–Kier alpha value is -2.63. The van der Waals surface area contributed by atoms with E-state index in [4.69, 9.17) is 14.6 Å². The van der Waals surface area contributed by atoms with E-state index in [2.05, 4.69) is 0 Å².